The van der Waals surface area contributed by atoms with Gasteiger partial charge in [0.2, 0.25) is 5.89 Å². The zero-order chi connectivity index (χ0) is 17.2. The Morgan fingerprint density at radius 3 is 2.08 bits per heavy atom. The molecule has 0 saturated carbocycles. The van der Waals surface area contributed by atoms with Crippen LogP contribution in [0.5, 0.6) is 0 Å². The molecule has 0 amide bonds. The first-order valence-electron chi connectivity index (χ1n) is 7.95. The van der Waals surface area contributed by atoms with Crippen molar-refractivity contribution in [1.29, 1.82) is 0 Å². The van der Waals surface area contributed by atoms with E-state index in [4.69, 9.17) is 4.42 Å². The third-order valence-electron chi connectivity index (χ3n) is 3.99. The first kappa shape index (κ1) is 15.3. The van der Waals surface area contributed by atoms with Gasteiger partial charge in [0.25, 0.3) is 0 Å². The van der Waals surface area contributed by atoms with Gasteiger partial charge in [-0.05, 0) is 55.5 Å². The third-order valence-corrected chi connectivity index (χ3v) is 3.99. The van der Waals surface area contributed by atoms with E-state index in [2.05, 4.69) is 9.97 Å². The molecule has 0 fully saturated rings. The zero-order valence-corrected chi connectivity index (χ0v) is 13.6. The van der Waals surface area contributed by atoms with Crippen molar-refractivity contribution >= 4 is 0 Å². The maximum atomic E-state index is 13.3. The van der Waals surface area contributed by atoms with Crippen LogP contribution in [-0.2, 0) is 0 Å². The van der Waals surface area contributed by atoms with Crippen LogP contribution in [-0.4, -0.2) is 9.97 Å². The summed E-state index contributed by atoms with van der Waals surface area (Å²) >= 11 is 0. The number of hydrogen-bond acceptors (Lipinski definition) is 3. The second-order valence-electron chi connectivity index (χ2n) is 5.81. The van der Waals surface area contributed by atoms with Crippen LogP contribution in [0.3, 0.4) is 0 Å². The highest BCUT2D eigenvalue weighted by atomic mass is 19.1. The second-order valence-corrected chi connectivity index (χ2v) is 5.81. The number of benzene rings is 2. The van der Waals surface area contributed by atoms with E-state index in [1.807, 2.05) is 43.3 Å². The monoisotopic (exact) mass is 330 g/mol. The predicted molar refractivity (Wildman–Crippen MR) is 95.3 cm³/mol. The first-order valence-corrected chi connectivity index (χ1v) is 7.95. The van der Waals surface area contributed by atoms with Gasteiger partial charge in [0.05, 0.1) is 0 Å². The molecule has 122 valence electrons. The lowest BCUT2D eigenvalue weighted by Gasteiger charge is -2.01. The first-order chi connectivity index (χ1) is 12.2. The average Bonchev–Trinajstić information content (AvgIpc) is 3.09. The van der Waals surface area contributed by atoms with E-state index in [1.165, 1.54) is 17.7 Å². The number of aryl methyl sites for hydroxylation is 1. The van der Waals surface area contributed by atoms with Crippen LogP contribution in [0.25, 0.3) is 34.0 Å². The molecule has 4 heteroatoms. The highest BCUT2D eigenvalue weighted by molar-refractivity contribution is 5.78. The molecule has 2 aromatic carbocycles. The lowest BCUT2D eigenvalue weighted by molar-refractivity contribution is 0.589. The van der Waals surface area contributed by atoms with Crippen molar-refractivity contribution in [3.63, 3.8) is 0 Å². The molecule has 3 nitrogen and oxygen atoms in total. The van der Waals surface area contributed by atoms with E-state index in [-0.39, 0.29) is 5.82 Å². The summed E-state index contributed by atoms with van der Waals surface area (Å²) < 4.78 is 19.4. The number of halogens is 1. The molecule has 4 rings (SSSR count). The summed E-state index contributed by atoms with van der Waals surface area (Å²) in [4.78, 5) is 8.72. The van der Waals surface area contributed by atoms with Gasteiger partial charge in [-0.1, -0.05) is 17.7 Å². The molecule has 0 atom stereocenters. The molecule has 2 heterocycles. The van der Waals surface area contributed by atoms with Gasteiger partial charge in [-0.15, -0.1) is 0 Å². The second kappa shape index (κ2) is 6.32. The van der Waals surface area contributed by atoms with Crippen molar-refractivity contribution in [2.75, 3.05) is 0 Å². The fraction of sp³-hybridized carbons (Fsp3) is 0.0476. The van der Waals surface area contributed by atoms with E-state index in [1.54, 1.807) is 24.5 Å². The van der Waals surface area contributed by atoms with E-state index < -0.39 is 0 Å². The third kappa shape index (κ3) is 3.06. The maximum Gasteiger partial charge on any atom is 0.227 e. The highest BCUT2D eigenvalue weighted by Crippen LogP contribution is 2.35. The van der Waals surface area contributed by atoms with Crippen LogP contribution in [0.4, 0.5) is 4.39 Å². The molecule has 0 aliphatic rings. The summed E-state index contributed by atoms with van der Waals surface area (Å²) in [5.74, 6) is 0.896. The van der Waals surface area contributed by atoms with Crippen molar-refractivity contribution in [2.24, 2.45) is 0 Å². The molecule has 0 unspecified atom stereocenters. The van der Waals surface area contributed by atoms with Crippen LogP contribution < -0.4 is 0 Å². The van der Waals surface area contributed by atoms with Crippen LogP contribution in [0, 0.1) is 12.7 Å². The van der Waals surface area contributed by atoms with Gasteiger partial charge < -0.3 is 4.42 Å². The summed E-state index contributed by atoms with van der Waals surface area (Å²) in [5.41, 5.74) is 4.43. The molecule has 0 aliphatic heterocycles. The number of aromatic nitrogens is 2. The number of nitrogens with zero attached hydrogens (tertiary/aromatic N) is 2. The molecule has 0 spiro atoms. The van der Waals surface area contributed by atoms with Crippen molar-refractivity contribution in [3.8, 4) is 34.0 Å². The van der Waals surface area contributed by atoms with Gasteiger partial charge in [0.1, 0.15) is 11.5 Å². The molecule has 0 N–H and O–H groups in total. The van der Waals surface area contributed by atoms with Gasteiger partial charge in [-0.3, -0.25) is 4.98 Å². The standard InChI is InChI=1S/C21H15FN2O/c1-14-2-4-17(5-3-14)21-24-19(15-6-8-18(22)9-7-15)20(25-21)16-10-12-23-13-11-16/h2-13H,1H3. The van der Waals surface area contributed by atoms with Crippen molar-refractivity contribution in [3.05, 3.63) is 84.4 Å². The molecular weight excluding hydrogens is 315 g/mol. The Balaban J connectivity index is 1.89. The van der Waals surface area contributed by atoms with Crippen LogP contribution in [0.2, 0.25) is 0 Å². The van der Waals surface area contributed by atoms with Crippen LogP contribution >= 0.6 is 0 Å². The maximum absolute atomic E-state index is 13.3. The van der Waals surface area contributed by atoms with Gasteiger partial charge >= 0.3 is 0 Å². The topological polar surface area (TPSA) is 38.9 Å². The van der Waals surface area contributed by atoms with Gasteiger partial charge in [-0.25, -0.2) is 9.37 Å². The Bertz CT molecular complexity index is 991. The Morgan fingerprint density at radius 2 is 1.40 bits per heavy atom. The Morgan fingerprint density at radius 1 is 0.760 bits per heavy atom. The minimum Gasteiger partial charge on any atom is -0.435 e. The highest BCUT2D eigenvalue weighted by Gasteiger charge is 2.18. The molecule has 0 aliphatic carbocycles. The Kier molecular flexibility index (Phi) is 3.86. The molecular formula is C21H15FN2O. The Hall–Kier alpha value is -3.27. The fourth-order valence-electron chi connectivity index (χ4n) is 2.64. The number of hydrogen-bond donors (Lipinski definition) is 0. The van der Waals surface area contributed by atoms with E-state index in [0.29, 0.717) is 17.3 Å². The minimum absolute atomic E-state index is 0.281. The molecule has 25 heavy (non-hydrogen) atoms. The smallest absolute Gasteiger partial charge is 0.227 e. The summed E-state index contributed by atoms with van der Waals surface area (Å²) in [6.45, 7) is 2.03. The van der Waals surface area contributed by atoms with Crippen LogP contribution in [0.15, 0.2) is 77.5 Å². The number of rotatable bonds is 3. The Labute approximate surface area is 144 Å². The van der Waals surface area contributed by atoms with Gasteiger partial charge in [-0.2, -0.15) is 0 Å². The molecule has 2 aromatic heterocycles. The van der Waals surface area contributed by atoms with Gasteiger partial charge in [0.15, 0.2) is 5.76 Å². The fourth-order valence-corrected chi connectivity index (χ4v) is 2.64. The summed E-state index contributed by atoms with van der Waals surface area (Å²) in [6.07, 6.45) is 3.41. The number of oxazole rings is 1. The normalized spacial score (nSPS) is 10.8. The quantitative estimate of drug-likeness (QED) is 0.496. The minimum atomic E-state index is -0.281. The summed E-state index contributed by atoms with van der Waals surface area (Å²) in [6, 6.07) is 18.0. The van der Waals surface area contributed by atoms with Crippen molar-refractivity contribution < 1.29 is 8.81 Å². The molecule has 0 bridgehead atoms. The molecule has 0 radical (unpaired) electrons. The van der Waals surface area contributed by atoms with Crippen LogP contribution in [0.1, 0.15) is 5.56 Å². The summed E-state index contributed by atoms with van der Waals surface area (Å²) in [7, 11) is 0. The van der Waals surface area contributed by atoms with E-state index in [9.17, 15) is 4.39 Å². The summed E-state index contributed by atoms with van der Waals surface area (Å²) in [5, 5.41) is 0. The predicted octanol–water partition coefficient (Wildman–Crippen LogP) is 5.52. The zero-order valence-electron chi connectivity index (χ0n) is 13.6. The lowest BCUT2D eigenvalue weighted by atomic mass is 10.1. The largest absolute Gasteiger partial charge is 0.435 e. The molecule has 0 saturated heterocycles. The van der Waals surface area contributed by atoms with Gasteiger partial charge in [0, 0.05) is 29.1 Å². The molecule has 4 aromatic rings. The van der Waals surface area contributed by atoms with E-state index >= 15 is 0 Å². The number of pyridine rings is 1. The average molecular weight is 330 g/mol. The lowest BCUT2D eigenvalue weighted by Crippen LogP contribution is -1.84. The SMILES string of the molecule is Cc1ccc(-c2nc(-c3ccc(F)cc3)c(-c3ccncc3)o2)cc1. The van der Waals surface area contributed by atoms with Crippen molar-refractivity contribution in [1.82, 2.24) is 9.97 Å². The van der Waals surface area contributed by atoms with E-state index in [0.717, 1.165) is 16.7 Å². The van der Waals surface area contributed by atoms with Crippen molar-refractivity contribution in [2.45, 2.75) is 6.92 Å².